The van der Waals surface area contributed by atoms with Crippen molar-refractivity contribution < 1.29 is 0 Å². The van der Waals surface area contributed by atoms with E-state index in [9.17, 15) is 0 Å². The molecule has 1 aliphatic heterocycles. The van der Waals surface area contributed by atoms with Crippen LogP contribution in [-0.2, 0) is 0 Å². The highest BCUT2D eigenvalue weighted by Gasteiger charge is 2.33. The van der Waals surface area contributed by atoms with Gasteiger partial charge >= 0.3 is 0 Å². The molecule has 0 aromatic heterocycles. The summed E-state index contributed by atoms with van der Waals surface area (Å²) in [5.74, 6) is 2.24. The molecule has 1 heteroatoms. The van der Waals surface area contributed by atoms with E-state index in [1.54, 1.807) is 0 Å². The SMILES string of the molecule is CCCC(C)(C)C1CN=CC(C)CC1C. The summed E-state index contributed by atoms with van der Waals surface area (Å²) in [5.41, 5.74) is 0.454. The minimum Gasteiger partial charge on any atom is -0.297 e. The lowest BCUT2D eigenvalue weighted by molar-refractivity contribution is 0.135. The summed E-state index contributed by atoms with van der Waals surface area (Å²) >= 11 is 0. The molecule has 0 saturated heterocycles. The summed E-state index contributed by atoms with van der Waals surface area (Å²) in [5, 5.41) is 0. The third-order valence-electron chi connectivity index (χ3n) is 3.99. The van der Waals surface area contributed by atoms with E-state index in [4.69, 9.17) is 0 Å². The molecule has 1 heterocycles. The Hall–Kier alpha value is -0.330. The van der Waals surface area contributed by atoms with Crippen LogP contribution in [0.25, 0.3) is 0 Å². The molecule has 88 valence electrons. The molecule has 0 amide bonds. The normalized spacial score (nSPS) is 32.7. The number of aliphatic imine (C=N–C) groups is 1. The molecule has 1 nitrogen and oxygen atoms in total. The van der Waals surface area contributed by atoms with Crippen LogP contribution in [0, 0.1) is 23.2 Å². The van der Waals surface area contributed by atoms with E-state index in [2.05, 4.69) is 45.8 Å². The fourth-order valence-electron chi connectivity index (χ4n) is 3.19. The molecule has 0 fully saturated rings. The molecule has 0 spiro atoms. The molecular weight excluding hydrogens is 182 g/mol. The summed E-state index contributed by atoms with van der Waals surface area (Å²) in [4.78, 5) is 4.61. The molecule has 0 aromatic rings. The van der Waals surface area contributed by atoms with Gasteiger partial charge in [-0.3, -0.25) is 4.99 Å². The Balaban J connectivity index is 2.71. The van der Waals surface area contributed by atoms with Crippen LogP contribution in [-0.4, -0.2) is 12.8 Å². The number of nitrogens with zero attached hydrogens (tertiary/aromatic N) is 1. The average Bonchev–Trinajstić information content (AvgIpc) is 2.26. The van der Waals surface area contributed by atoms with Crippen LogP contribution >= 0.6 is 0 Å². The summed E-state index contributed by atoms with van der Waals surface area (Å²) in [7, 11) is 0. The number of hydrogen-bond acceptors (Lipinski definition) is 1. The zero-order valence-corrected chi connectivity index (χ0v) is 11.1. The Kier molecular flexibility index (Phi) is 4.36. The molecule has 0 aromatic carbocycles. The molecule has 0 N–H and O–H groups in total. The van der Waals surface area contributed by atoms with Crippen LogP contribution in [0.5, 0.6) is 0 Å². The summed E-state index contributed by atoms with van der Waals surface area (Å²) in [6.45, 7) is 12.9. The van der Waals surface area contributed by atoms with Gasteiger partial charge in [0, 0.05) is 12.8 Å². The van der Waals surface area contributed by atoms with Gasteiger partial charge in [0.1, 0.15) is 0 Å². The van der Waals surface area contributed by atoms with E-state index < -0.39 is 0 Å². The Labute approximate surface area is 95.4 Å². The first kappa shape index (κ1) is 12.7. The standard InChI is InChI=1S/C14H27N/c1-6-7-14(4,5)13-10-15-9-11(2)8-12(13)3/h9,11-13H,6-8,10H2,1-5H3. The second-order valence-corrected chi connectivity index (χ2v) is 6.05. The minimum absolute atomic E-state index is 0.454. The molecule has 0 radical (unpaired) electrons. The molecule has 1 rings (SSSR count). The Bertz CT molecular complexity index is 217. The number of rotatable bonds is 3. The van der Waals surface area contributed by atoms with Crippen LogP contribution in [0.15, 0.2) is 4.99 Å². The van der Waals surface area contributed by atoms with Gasteiger partial charge in [0.05, 0.1) is 0 Å². The summed E-state index contributed by atoms with van der Waals surface area (Å²) in [6, 6.07) is 0. The molecule has 0 aliphatic carbocycles. The highest BCUT2D eigenvalue weighted by Crippen LogP contribution is 2.40. The minimum atomic E-state index is 0.454. The van der Waals surface area contributed by atoms with Crippen molar-refractivity contribution >= 4 is 6.21 Å². The monoisotopic (exact) mass is 209 g/mol. The maximum Gasteiger partial charge on any atom is 0.0421 e. The molecule has 0 saturated carbocycles. The van der Waals surface area contributed by atoms with Crippen molar-refractivity contribution in [3.8, 4) is 0 Å². The third kappa shape index (κ3) is 3.32. The first-order chi connectivity index (χ1) is 6.97. The molecule has 1 aliphatic rings. The van der Waals surface area contributed by atoms with Gasteiger partial charge in [0.2, 0.25) is 0 Å². The van der Waals surface area contributed by atoms with E-state index >= 15 is 0 Å². The van der Waals surface area contributed by atoms with Gasteiger partial charge in [-0.1, -0.05) is 41.0 Å². The lowest BCUT2D eigenvalue weighted by atomic mass is 9.68. The van der Waals surface area contributed by atoms with Crippen molar-refractivity contribution in [3.05, 3.63) is 0 Å². The smallest absolute Gasteiger partial charge is 0.0421 e. The van der Waals surface area contributed by atoms with Crippen LogP contribution in [0.2, 0.25) is 0 Å². The first-order valence-electron chi connectivity index (χ1n) is 6.47. The van der Waals surface area contributed by atoms with Gasteiger partial charge in [-0.25, -0.2) is 0 Å². The van der Waals surface area contributed by atoms with Gasteiger partial charge in [-0.15, -0.1) is 0 Å². The maximum absolute atomic E-state index is 4.61. The second kappa shape index (κ2) is 5.14. The average molecular weight is 209 g/mol. The van der Waals surface area contributed by atoms with E-state index in [0.29, 0.717) is 11.3 Å². The first-order valence-corrected chi connectivity index (χ1v) is 6.47. The fraction of sp³-hybridized carbons (Fsp3) is 0.929. The van der Waals surface area contributed by atoms with Gasteiger partial charge in [-0.2, -0.15) is 0 Å². The van der Waals surface area contributed by atoms with Crippen molar-refractivity contribution in [1.82, 2.24) is 0 Å². The van der Waals surface area contributed by atoms with Crippen molar-refractivity contribution in [3.63, 3.8) is 0 Å². The van der Waals surface area contributed by atoms with Crippen LogP contribution in [0.3, 0.4) is 0 Å². The lowest BCUT2D eigenvalue weighted by Crippen LogP contribution is -2.31. The predicted octanol–water partition coefficient (Wildman–Crippen LogP) is 4.18. The van der Waals surface area contributed by atoms with E-state index in [-0.39, 0.29) is 0 Å². The highest BCUT2D eigenvalue weighted by atomic mass is 14.7. The summed E-state index contributed by atoms with van der Waals surface area (Å²) < 4.78 is 0. The second-order valence-electron chi connectivity index (χ2n) is 6.05. The summed E-state index contributed by atoms with van der Waals surface area (Å²) in [6.07, 6.45) is 6.08. The molecule has 3 unspecified atom stereocenters. The topological polar surface area (TPSA) is 12.4 Å². The van der Waals surface area contributed by atoms with Crippen molar-refractivity contribution in [2.75, 3.05) is 6.54 Å². The zero-order valence-electron chi connectivity index (χ0n) is 11.1. The maximum atomic E-state index is 4.61. The quantitative estimate of drug-likeness (QED) is 0.661. The Morgan fingerprint density at radius 2 is 2.00 bits per heavy atom. The highest BCUT2D eigenvalue weighted by molar-refractivity contribution is 5.60. The largest absolute Gasteiger partial charge is 0.297 e. The van der Waals surface area contributed by atoms with E-state index in [1.165, 1.54) is 19.3 Å². The lowest BCUT2D eigenvalue weighted by Gasteiger charge is -2.37. The van der Waals surface area contributed by atoms with Gasteiger partial charge in [0.15, 0.2) is 0 Å². The van der Waals surface area contributed by atoms with Crippen LogP contribution in [0.1, 0.15) is 53.9 Å². The van der Waals surface area contributed by atoms with Gasteiger partial charge < -0.3 is 0 Å². The predicted molar refractivity (Wildman–Crippen MR) is 68.5 cm³/mol. The third-order valence-corrected chi connectivity index (χ3v) is 3.99. The van der Waals surface area contributed by atoms with Gasteiger partial charge in [-0.05, 0) is 36.0 Å². The van der Waals surface area contributed by atoms with Crippen LogP contribution in [0.4, 0.5) is 0 Å². The van der Waals surface area contributed by atoms with Crippen LogP contribution < -0.4 is 0 Å². The zero-order chi connectivity index (χ0) is 11.5. The van der Waals surface area contributed by atoms with Crippen molar-refractivity contribution in [2.24, 2.45) is 28.2 Å². The Morgan fingerprint density at radius 3 is 2.60 bits per heavy atom. The Morgan fingerprint density at radius 1 is 1.33 bits per heavy atom. The molecule has 0 bridgehead atoms. The molecule has 3 atom stereocenters. The van der Waals surface area contributed by atoms with E-state index in [0.717, 1.165) is 18.4 Å². The fourth-order valence-corrected chi connectivity index (χ4v) is 3.19. The molecular formula is C14H27N. The van der Waals surface area contributed by atoms with E-state index in [1.807, 2.05) is 0 Å². The molecule has 15 heavy (non-hydrogen) atoms. The number of hydrogen-bond donors (Lipinski definition) is 0. The van der Waals surface area contributed by atoms with Crippen molar-refractivity contribution in [2.45, 2.75) is 53.9 Å². The van der Waals surface area contributed by atoms with Crippen molar-refractivity contribution in [1.29, 1.82) is 0 Å². The van der Waals surface area contributed by atoms with Gasteiger partial charge in [0.25, 0.3) is 0 Å².